The lowest BCUT2D eigenvalue weighted by atomic mass is 10.2. The fourth-order valence-corrected chi connectivity index (χ4v) is 2.44. The van der Waals surface area contributed by atoms with Crippen LogP contribution in [0.2, 0.25) is 5.02 Å². The van der Waals surface area contributed by atoms with Gasteiger partial charge >= 0.3 is 0 Å². The van der Waals surface area contributed by atoms with Crippen molar-refractivity contribution in [2.75, 3.05) is 0 Å². The van der Waals surface area contributed by atoms with Gasteiger partial charge in [-0.2, -0.15) is 0 Å². The molecule has 2 aromatic rings. The Balaban J connectivity index is 2.80. The van der Waals surface area contributed by atoms with Gasteiger partial charge in [0.15, 0.2) is 5.78 Å². The van der Waals surface area contributed by atoms with Gasteiger partial charge in [-0.1, -0.05) is 11.6 Å². The first-order chi connectivity index (χ1) is 6.59. The maximum atomic E-state index is 11.1. The van der Waals surface area contributed by atoms with E-state index in [1.165, 1.54) is 18.3 Å². The Morgan fingerprint density at radius 2 is 2.21 bits per heavy atom. The van der Waals surface area contributed by atoms with Crippen molar-refractivity contribution >= 4 is 38.8 Å². The van der Waals surface area contributed by atoms with Gasteiger partial charge in [0.2, 0.25) is 0 Å². The summed E-state index contributed by atoms with van der Waals surface area (Å²) in [7, 11) is 0. The molecule has 4 heteroatoms. The Bertz CT molecular complexity index is 516. The minimum absolute atomic E-state index is 0.0417. The van der Waals surface area contributed by atoms with Crippen LogP contribution in [0.15, 0.2) is 18.2 Å². The number of hydrogen-bond donors (Lipinski definition) is 1. The number of fused-ring (bicyclic) bond motifs is 1. The van der Waals surface area contributed by atoms with E-state index in [2.05, 4.69) is 0 Å². The zero-order chi connectivity index (χ0) is 10.3. The lowest BCUT2D eigenvalue weighted by Crippen LogP contribution is -1.85. The average Bonchev–Trinajstić information content (AvgIpc) is 2.44. The second-order valence-corrected chi connectivity index (χ2v) is 4.47. The number of thiophene rings is 1. The van der Waals surface area contributed by atoms with Crippen molar-refractivity contribution < 1.29 is 9.90 Å². The number of carbonyl (C=O) groups is 1. The quantitative estimate of drug-likeness (QED) is 0.756. The molecule has 0 aliphatic rings. The maximum absolute atomic E-state index is 11.1. The number of Topliss-reactive ketones (excluding diaryl/α,β-unsaturated/α-hetero) is 1. The topological polar surface area (TPSA) is 37.3 Å². The molecule has 2 nitrogen and oxygen atoms in total. The molecular formula is C10H7ClO2S. The number of ketones is 1. The van der Waals surface area contributed by atoms with E-state index >= 15 is 0 Å². The number of benzene rings is 1. The molecular weight excluding hydrogens is 220 g/mol. The van der Waals surface area contributed by atoms with Gasteiger partial charge in [-0.05, 0) is 18.2 Å². The number of hydrogen-bond acceptors (Lipinski definition) is 3. The standard InChI is InChI=1S/C10H7ClO2S/c1-5(12)10-9(13)7-4-6(11)2-3-8(7)14-10/h2-4,13H,1H3. The summed E-state index contributed by atoms with van der Waals surface area (Å²) >= 11 is 7.07. The summed E-state index contributed by atoms with van der Waals surface area (Å²) < 4.78 is 0.872. The third-order valence-corrected chi connectivity index (χ3v) is 3.44. The van der Waals surface area contributed by atoms with E-state index in [-0.39, 0.29) is 11.5 Å². The molecule has 0 spiro atoms. The van der Waals surface area contributed by atoms with Crippen molar-refractivity contribution in [2.45, 2.75) is 6.92 Å². The summed E-state index contributed by atoms with van der Waals surface area (Å²) in [5.41, 5.74) is 0. The SMILES string of the molecule is CC(=O)c1sc2ccc(Cl)cc2c1O. The van der Waals surface area contributed by atoms with Gasteiger partial charge < -0.3 is 5.11 Å². The Morgan fingerprint density at radius 3 is 2.86 bits per heavy atom. The van der Waals surface area contributed by atoms with Crippen LogP contribution in [0, 0.1) is 0 Å². The Hall–Kier alpha value is -1.06. The number of aromatic hydroxyl groups is 1. The van der Waals surface area contributed by atoms with Crippen LogP contribution in [0.1, 0.15) is 16.6 Å². The predicted molar refractivity (Wildman–Crippen MR) is 58.5 cm³/mol. The molecule has 0 radical (unpaired) electrons. The molecule has 0 amide bonds. The highest BCUT2D eigenvalue weighted by atomic mass is 35.5. The first-order valence-electron chi connectivity index (χ1n) is 4.01. The molecule has 0 unspecified atom stereocenters. The predicted octanol–water partition coefficient (Wildman–Crippen LogP) is 3.46. The van der Waals surface area contributed by atoms with Gasteiger partial charge in [0, 0.05) is 22.0 Å². The molecule has 0 saturated carbocycles. The maximum Gasteiger partial charge on any atom is 0.173 e. The van der Waals surface area contributed by atoms with Crippen molar-refractivity contribution in [2.24, 2.45) is 0 Å². The summed E-state index contributed by atoms with van der Waals surface area (Å²) in [4.78, 5) is 11.5. The largest absolute Gasteiger partial charge is 0.506 e. The fourth-order valence-electron chi connectivity index (χ4n) is 1.30. The molecule has 0 aliphatic heterocycles. The number of rotatable bonds is 1. The molecule has 0 fully saturated rings. The zero-order valence-electron chi connectivity index (χ0n) is 7.37. The van der Waals surface area contributed by atoms with Gasteiger partial charge in [-0.25, -0.2) is 0 Å². The molecule has 1 N–H and O–H groups in total. The molecule has 1 aromatic heterocycles. The van der Waals surface area contributed by atoms with Crippen LogP contribution in [-0.2, 0) is 0 Å². The van der Waals surface area contributed by atoms with Crippen LogP contribution in [-0.4, -0.2) is 10.9 Å². The van der Waals surface area contributed by atoms with Gasteiger partial charge in [-0.15, -0.1) is 11.3 Å². The first-order valence-corrected chi connectivity index (χ1v) is 5.21. The van der Waals surface area contributed by atoms with Gasteiger partial charge in [0.05, 0.1) is 0 Å². The van der Waals surface area contributed by atoms with E-state index in [1.807, 2.05) is 0 Å². The highest BCUT2D eigenvalue weighted by Crippen LogP contribution is 2.38. The summed E-state index contributed by atoms with van der Waals surface area (Å²) in [6.45, 7) is 1.44. The third-order valence-electron chi connectivity index (χ3n) is 1.94. The molecule has 2 rings (SSSR count). The molecule has 72 valence electrons. The molecule has 0 atom stereocenters. The highest BCUT2D eigenvalue weighted by Gasteiger charge is 2.14. The molecule has 14 heavy (non-hydrogen) atoms. The van der Waals surface area contributed by atoms with Crippen molar-refractivity contribution in [1.29, 1.82) is 0 Å². The molecule has 1 aromatic carbocycles. The Morgan fingerprint density at radius 1 is 1.50 bits per heavy atom. The summed E-state index contributed by atoms with van der Waals surface area (Å²) in [6.07, 6.45) is 0. The van der Waals surface area contributed by atoms with Crippen LogP contribution in [0.5, 0.6) is 5.75 Å². The smallest absolute Gasteiger partial charge is 0.173 e. The molecule has 1 heterocycles. The fraction of sp³-hybridized carbons (Fsp3) is 0.100. The van der Waals surface area contributed by atoms with Gasteiger partial charge in [-0.3, -0.25) is 4.79 Å². The number of carbonyl (C=O) groups excluding carboxylic acids is 1. The van der Waals surface area contributed by atoms with Crippen LogP contribution < -0.4 is 0 Å². The summed E-state index contributed by atoms with van der Waals surface area (Å²) in [5, 5.41) is 10.9. The normalized spacial score (nSPS) is 10.7. The first kappa shape index (κ1) is 9.49. The van der Waals surface area contributed by atoms with E-state index in [4.69, 9.17) is 11.6 Å². The molecule has 0 aliphatic carbocycles. The zero-order valence-corrected chi connectivity index (χ0v) is 8.95. The molecule has 0 saturated heterocycles. The Labute approximate surface area is 89.7 Å². The van der Waals surface area contributed by atoms with Gasteiger partial charge in [0.25, 0.3) is 0 Å². The lowest BCUT2D eigenvalue weighted by molar-refractivity contribution is 0.101. The van der Waals surface area contributed by atoms with E-state index < -0.39 is 0 Å². The van der Waals surface area contributed by atoms with Crippen LogP contribution in [0.4, 0.5) is 0 Å². The number of halogens is 1. The minimum atomic E-state index is -0.125. The second kappa shape index (κ2) is 3.26. The van der Waals surface area contributed by atoms with E-state index in [0.717, 1.165) is 4.70 Å². The average molecular weight is 227 g/mol. The third kappa shape index (κ3) is 1.38. The van der Waals surface area contributed by atoms with E-state index in [9.17, 15) is 9.90 Å². The van der Waals surface area contributed by atoms with E-state index in [0.29, 0.717) is 15.3 Å². The summed E-state index contributed by atoms with van der Waals surface area (Å²) in [5.74, 6) is -0.0835. The van der Waals surface area contributed by atoms with Crippen molar-refractivity contribution in [3.05, 3.63) is 28.1 Å². The minimum Gasteiger partial charge on any atom is -0.506 e. The van der Waals surface area contributed by atoms with Crippen molar-refractivity contribution in [1.82, 2.24) is 0 Å². The van der Waals surface area contributed by atoms with Crippen LogP contribution in [0.25, 0.3) is 10.1 Å². The van der Waals surface area contributed by atoms with Crippen LogP contribution >= 0.6 is 22.9 Å². The lowest BCUT2D eigenvalue weighted by Gasteiger charge is -1.92. The van der Waals surface area contributed by atoms with E-state index in [1.54, 1.807) is 18.2 Å². The van der Waals surface area contributed by atoms with Crippen molar-refractivity contribution in [3.63, 3.8) is 0 Å². The van der Waals surface area contributed by atoms with Crippen LogP contribution in [0.3, 0.4) is 0 Å². The Kier molecular flexibility index (Phi) is 2.21. The van der Waals surface area contributed by atoms with Crippen molar-refractivity contribution in [3.8, 4) is 5.75 Å². The molecule has 0 bridgehead atoms. The highest BCUT2D eigenvalue weighted by molar-refractivity contribution is 7.21. The summed E-state index contributed by atoms with van der Waals surface area (Å²) in [6, 6.07) is 5.20. The second-order valence-electron chi connectivity index (χ2n) is 2.98. The van der Waals surface area contributed by atoms with Gasteiger partial charge in [0.1, 0.15) is 10.6 Å². The monoisotopic (exact) mass is 226 g/mol.